The molecule has 0 saturated carbocycles. The molecule has 2 aliphatic rings. The quantitative estimate of drug-likeness (QED) is 0.123. The van der Waals surface area contributed by atoms with Crippen molar-refractivity contribution in [3.8, 4) is 5.75 Å². The summed E-state index contributed by atoms with van der Waals surface area (Å²) in [6, 6.07) is 8.24. The predicted molar refractivity (Wildman–Crippen MR) is 173 cm³/mol. The van der Waals surface area contributed by atoms with Crippen molar-refractivity contribution in [1.82, 2.24) is 9.80 Å². The highest BCUT2D eigenvalue weighted by molar-refractivity contribution is 6.32. The van der Waals surface area contributed by atoms with Gasteiger partial charge < -0.3 is 23.8 Å². The van der Waals surface area contributed by atoms with Crippen LogP contribution in [0.25, 0.3) is 5.57 Å². The zero-order chi connectivity index (χ0) is 34.7. The standard InChI is InChI=1S/C35H43ClF2N2O7/c1-8-44-31(41)28-24(22-13-11-21(12-14-22)10-9-17-45-30-26(38)16-15-25(37)29(30)36)18-23-19-39(32(42)46-34(2,3)4)20-27(28)40(23)33(43)47-35(5,6)7/h11-16,23,27H,8-10,17-20H2,1-7H3. The first kappa shape index (κ1) is 36.0. The van der Waals surface area contributed by atoms with E-state index in [1.54, 1.807) is 53.4 Å². The summed E-state index contributed by atoms with van der Waals surface area (Å²) in [4.78, 5) is 43.4. The first-order valence-corrected chi connectivity index (χ1v) is 16.1. The highest BCUT2D eigenvalue weighted by atomic mass is 35.5. The second kappa shape index (κ2) is 14.5. The summed E-state index contributed by atoms with van der Waals surface area (Å²) < 4.78 is 50.0. The van der Waals surface area contributed by atoms with Gasteiger partial charge in [-0.25, -0.2) is 23.2 Å². The van der Waals surface area contributed by atoms with Crippen LogP contribution in [-0.4, -0.2) is 77.5 Å². The number of halogens is 3. The van der Waals surface area contributed by atoms with Crippen molar-refractivity contribution in [3.63, 3.8) is 0 Å². The minimum Gasteiger partial charge on any atom is -0.489 e. The van der Waals surface area contributed by atoms with Crippen molar-refractivity contribution in [3.05, 3.63) is 69.8 Å². The number of nitrogens with zero attached hydrogens (tertiary/aromatic N) is 2. The third-order valence-electron chi connectivity index (χ3n) is 7.56. The van der Waals surface area contributed by atoms with Crippen molar-refractivity contribution in [2.75, 3.05) is 26.3 Å². The fraction of sp³-hybridized carbons (Fsp3) is 0.514. The molecule has 2 aromatic rings. The number of ether oxygens (including phenoxy) is 4. The van der Waals surface area contributed by atoms with Gasteiger partial charge in [0.1, 0.15) is 22.0 Å². The Labute approximate surface area is 279 Å². The molecule has 2 heterocycles. The Bertz CT molecular complexity index is 1520. The Morgan fingerprint density at radius 2 is 1.51 bits per heavy atom. The molecule has 2 unspecified atom stereocenters. The van der Waals surface area contributed by atoms with Gasteiger partial charge in [-0.15, -0.1) is 0 Å². The summed E-state index contributed by atoms with van der Waals surface area (Å²) in [7, 11) is 0. The predicted octanol–water partition coefficient (Wildman–Crippen LogP) is 7.58. The van der Waals surface area contributed by atoms with Gasteiger partial charge in [0, 0.05) is 13.1 Å². The topological polar surface area (TPSA) is 94.6 Å². The van der Waals surface area contributed by atoms with Crippen LogP contribution in [0.15, 0.2) is 42.0 Å². The smallest absolute Gasteiger partial charge is 0.411 e. The maximum absolute atomic E-state index is 14.0. The van der Waals surface area contributed by atoms with E-state index in [4.69, 9.17) is 30.5 Å². The van der Waals surface area contributed by atoms with Gasteiger partial charge in [-0.1, -0.05) is 35.9 Å². The lowest BCUT2D eigenvalue weighted by molar-refractivity contribution is -0.140. The molecule has 4 rings (SSSR count). The first-order valence-electron chi connectivity index (χ1n) is 15.7. The number of carbonyl (C=O) groups is 3. The molecule has 2 aromatic carbocycles. The number of fused-ring (bicyclic) bond motifs is 2. The molecule has 2 aliphatic heterocycles. The van der Waals surface area contributed by atoms with E-state index in [0.29, 0.717) is 12.8 Å². The molecule has 2 bridgehead atoms. The monoisotopic (exact) mass is 676 g/mol. The average Bonchev–Trinajstić information content (AvgIpc) is 2.96. The summed E-state index contributed by atoms with van der Waals surface area (Å²) >= 11 is 5.85. The van der Waals surface area contributed by atoms with E-state index >= 15 is 0 Å². The number of esters is 1. The van der Waals surface area contributed by atoms with Crippen LogP contribution in [0.3, 0.4) is 0 Å². The van der Waals surface area contributed by atoms with Gasteiger partial charge in [-0.2, -0.15) is 0 Å². The Morgan fingerprint density at radius 1 is 0.894 bits per heavy atom. The Kier molecular flexibility index (Phi) is 11.1. The molecule has 9 nitrogen and oxygen atoms in total. The third kappa shape index (κ3) is 8.94. The van der Waals surface area contributed by atoms with Crippen LogP contribution in [0, 0.1) is 11.6 Å². The number of rotatable bonds is 8. The summed E-state index contributed by atoms with van der Waals surface area (Å²) in [5.41, 5.74) is 1.26. The van der Waals surface area contributed by atoms with Crippen molar-refractivity contribution < 1.29 is 42.1 Å². The molecule has 0 spiro atoms. The number of piperazine rings is 1. The maximum atomic E-state index is 14.0. The van der Waals surface area contributed by atoms with Crippen molar-refractivity contribution in [2.24, 2.45) is 0 Å². The summed E-state index contributed by atoms with van der Waals surface area (Å²) in [6.45, 7) is 12.8. The van der Waals surface area contributed by atoms with Crippen LogP contribution in [-0.2, 0) is 25.4 Å². The molecule has 0 aromatic heterocycles. The van der Waals surface area contributed by atoms with Gasteiger partial charge in [0.15, 0.2) is 11.6 Å². The number of carbonyl (C=O) groups excluding carboxylic acids is 3. The van der Waals surface area contributed by atoms with Gasteiger partial charge in [0.25, 0.3) is 0 Å². The van der Waals surface area contributed by atoms with E-state index in [2.05, 4.69) is 0 Å². The molecular formula is C35H43ClF2N2O7. The zero-order valence-electron chi connectivity index (χ0n) is 28.0. The molecule has 2 atom stereocenters. The molecule has 12 heteroatoms. The second-order valence-corrected chi connectivity index (χ2v) is 14.0. The highest BCUT2D eigenvalue weighted by Gasteiger charge is 2.49. The molecular weight excluding hydrogens is 634 g/mol. The van der Waals surface area contributed by atoms with Crippen LogP contribution in [0.1, 0.15) is 72.4 Å². The molecule has 256 valence electrons. The van der Waals surface area contributed by atoms with Crippen molar-refractivity contribution >= 4 is 35.3 Å². The Morgan fingerprint density at radius 3 is 2.13 bits per heavy atom. The van der Waals surface area contributed by atoms with Gasteiger partial charge in [-0.05, 0) is 96.6 Å². The largest absolute Gasteiger partial charge is 0.489 e. The van der Waals surface area contributed by atoms with Crippen molar-refractivity contribution in [1.29, 1.82) is 0 Å². The number of aryl methyl sites for hydroxylation is 1. The SMILES string of the molecule is CCOC(=O)C1=C(c2ccc(CCCOc3c(F)ccc(F)c3Cl)cc2)CC2CN(C(=O)OC(C)(C)C)CC1N2C(=O)OC(C)(C)C. The molecule has 47 heavy (non-hydrogen) atoms. The van der Waals surface area contributed by atoms with E-state index in [1.165, 1.54) is 4.90 Å². The minimum atomic E-state index is -0.828. The number of hydrogen-bond donors (Lipinski definition) is 0. The zero-order valence-corrected chi connectivity index (χ0v) is 28.7. The van der Waals surface area contributed by atoms with Crippen molar-refractivity contribution in [2.45, 2.75) is 91.0 Å². The Balaban J connectivity index is 1.60. The fourth-order valence-corrected chi connectivity index (χ4v) is 5.89. The lowest BCUT2D eigenvalue weighted by Gasteiger charge is -2.50. The van der Waals surface area contributed by atoms with Gasteiger partial charge in [-0.3, -0.25) is 4.90 Å². The molecule has 0 aliphatic carbocycles. The fourth-order valence-electron chi connectivity index (χ4n) is 5.68. The van der Waals surface area contributed by atoms with E-state index < -0.39 is 58.1 Å². The second-order valence-electron chi connectivity index (χ2n) is 13.6. The lowest BCUT2D eigenvalue weighted by Crippen LogP contribution is -2.65. The van der Waals surface area contributed by atoms with Gasteiger partial charge in [0.2, 0.25) is 0 Å². The Hall–Kier alpha value is -3.86. The van der Waals surface area contributed by atoms with E-state index in [1.807, 2.05) is 24.3 Å². The van der Waals surface area contributed by atoms with Crippen LogP contribution in [0.5, 0.6) is 5.75 Å². The summed E-state index contributed by atoms with van der Waals surface area (Å²) in [5.74, 6) is -2.37. The normalized spacial score (nSPS) is 18.2. The van der Waals surface area contributed by atoms with E-state index in [-0.39, 0.29) is 44.0 Å². The first-order chi connectivity index (χ1) is 22.0. The number of benzene rings is 2. The van der Waals surface area contributed by atoms with Gasteiger partial charge >= 0.3 is 18.2 Å². The maximum Gasteiger partial charge on any atom is 0.411 e. The van der Waals surface area contributed by atoms with Crippen LogP contribution >= 0.6 is 11.6 Å². The van der Waals surface area contributed by atoms with Crippen LogP contribution < -0.4 is 4.74 Å². The summed E-state index contributed by atoms with van der Waals surface area (Å²) in [6.07, 6.45) is 0.267. The number of hydrogen-bond acceptors (Lipinski definition) is 7. The number of amides is 2. The molecule has 1 saturated heterocycles. The van der Waals surface area contributed by atoms with Crippen LogP contribution in [0.4, 0.5) is 18.4 Å². The lowest BCUT2D eigenvalue weighted by atomic mass is 9.82. The molecule has 1 fully saturated rings. The molecule has 0 N–H and O–H groups in total. The minimum absolute atomic E-state index is 0.0241. The van der Waals surface area contributed by atoms with E-state index in [9.17, 15) is 23.2 Å². The average molecular weight is 677 g/mol. The molecule has 2 amide bonds. The molecule has 0 radical (unpaired) electrons. The highest BCUT2D eigenvalue weighted by Crippen LogP contribution is 2.40. The summed E-state index contributed by atoms with van der Waals surface area (Å²) in [5, 5.41) is -0.392. The van der Waals surface area contributed by atoms with E-state index in [0.717, 1.165) is 28.8 Å². The van der Waals surface area contributed by atoms with Crippen LogP contribution in [0.2, 0.25) is 5.02 Å². The van der Waals surface area contributed by atoms with Gasteiger partial charge in [0.05, 0.1) is 30.9 Å². The third-order valence-corrected chi connectivity index (χ3v) is 7.92.